The first-order chi connectivity index (χ1) is 17.2. The number of nitrogens with one attached hydrogen (secondary N) is 1. The molecule has 0 bridgehead atoms. The van der Waals surface area contributed by atoms with Gasteiger partial charge in [0.25, 0.3) is 0 Å². The van der Waals surface area contributed by atoms with E-state index in [1.807, 2.05) is 9.80 Å². The molecular formula is C25H35N5O5S. The van der Waals surface area contributed by atoms with Gasteiger partial charge in [-0.3, -0.25) is 20.0 Å². The van der Waals surface area contributed by atoms with Crippen molar-refractivity contribution < 1.29 is 23.1 Å². The molecule has 2 atom stereocenters. The molecule has 0 saturated carbocycles. The lowest BCUT2D eigenvalue weighted by Crippen LogP contribution is -2.61. The minimum Gasteiger partial charge on any atom is -0.394 e. The van der Waals surface area contributed by atoms with Gasteiger partial charge in [0.2, 0.25) is 15.8 Å². The number of benzene rings is 2. The van der Waals surface area contributed by atoms with Gasteiger partial charge < -0.3 is 15.6 Å². The van der Waals surface area contributed by atoms with E-state index in [9.17, 15) is 18.3 Å². The standard InChI is InChI=1S/C25H35N5O5S/c1-35-24(29-11-5-2-6-12-29)22(32)25(16-31,30-13-7-8-14-30)19-15-20(36(28,33)34)21(23(26)27)18-10-4-3-9-17(18)19/h3-4,9-10,15,24,31H,2,5-8,11-14,16H2,1H3,(H3,26,27)(H2,28,33,34). The van der Waals surface area contributed by atoms with Gasteiger partial charge in [0, 0.05) is 25.8 Å². The number of nitrogen functional groups attached to an aromatic ring is 1. The predicted octanol–water partition coefficient (Wildman–Crippen LogP) is 1.08. The van der Waals surface area contributed by atoms with Crippen LogP contribution in [0.25, 0.3) is 10.8 Å². The summed E-state index contributed by atoms with van der Waals surface area (Å²) in [5.74, 6) is -0.802. The summed E-state index contributed by atoms with van der Waals surface area (Å²) in [5.41, 5.74) is 4.55. The molecule has 4 rings (SSSR count). The molecule has 0 radical (unpaired) electrons. The van der Waals surface area contributed by atoms with E-state index >= 15 is 0 Å². The number of primary sulfonamides is 1. The van der Waals surface area contributed by atoms with Crippen molar-refractivity contribution in [3.8, 4) is 0 Å². The van der Waals surface area contributed by atoms with Crippen molar-refractivity contribution in [1.29, 1.82) is 5.41 Å². The van der Waals surface area contributed by atoms with Crippen LogP contribution in [0.4, 0.5) is 0 Å². The number of hydrogen-bond acceptors (Lipinski definition) is 8. The molecule has 11 heteroatoms. The molecule has 2 aliphatic rings. The number of ether oxygens (including phenoxy) is 1. The van der Waals surface area contributed by atoms with Crippen LogP contribution in [-0.4, -0.2) is 81.1 Å². The predicted molar refractivity (Wildman–Crippen MR) is 137 cm³/mol. The van der Waals surface area contributed by atoms with E-state index in [4.69, 9.17) is 21.0 Å². The summed E-state index contributed by atoms with van der Waals surface area (Å²) >= 11 is 0. The van der Waals surface area contributed by atoms with Gasteiger partial charge in [0.1, 0.15) is 11.4 Å². The third kappa shape index (κ3) is 4.55. The summed E-state index contributed by atoms with van der Waals surface area (Å²) in [7, 11) is -2.85. The third-order valence-corrected chi connectivity index (χ3v) is 8.42. The molecule has 2 heterocycles. The molecule has 196 valence electrons. The number of nitrogens with zero attached hydrogens (tertiary/aromatic N) is 2. The van der Waals surface area contributed by atoms with Crippen molar-refractivity contribution in [3.05, 3.63) is 41.5 Å². The van der Waals surface area contributed by atoms with Crippen LogP contribution < -0.4 is 10.9 Å². The number of piperidine rings is 1. The molecule has 6 N–H and O–H groups in total. The Hall–Kier alpha value is -2.41. The van der Waals surface area contributed by atoms with Crippen molar-refractivity contribution in [2.75, 3.05) is 39.9 Å². The Bertz CT molecular complexity index is 1250. The maximum absolute atomic E-state index is 14.5. The Kier molecular flexibility index (Phi) is 7.79. The zero-order chi connectivity index (χ0) is 26.1. The zero-order valence-corrected chi connectivity index (χ0v) is 21.4. The number of fused-ring (bicyclic) bond motifs is 1. The van der Waals surface area contributed by atoms with E-state index < -0.39 is 34.2 Å². The van der Waals surface area contributed by atoms with Crippen LogP contribution in [-0.2, 0) is 25.1 Å². The highest BCUT2D eigenvalue weighted by Crippen LogP contribution is 2.41. The number of aliphatic hydroxyl groups excluding tert-OH is 1. The van der Waals surface area contributed by atoms with Gasteiger partial charge in [0.05, 0.1) is 11.5 Å². The fourth-order valence-corrected chi connectivity index (χ4v) is 6.58. The lowest BCUT2D eigenvalue weighted by molar-refractivity contribution is -0.158. The number of methoxy groups -OCH3 is 1. The Morgan fingerprint density at radius 2 is 1.69 bits per heavy atom. The highest BCUT2D eigenvalue weighted by Gasteiger charge is 2.51. The van der Waals surface area contributed by atoms with Crippen LogP contribution in [0.3, 0.4) is 0 Å². The van der Waals surface area contributed by atoms with Crippen molar-refractivity contribution in [1.82, 2.24) is 9.80 Å². The average molecular weight is 518 g/mol. The van der Waals surface area contributed by atoms with Crippen LogP contribution in [0.2, 0.25) is 0 Å². The number of amidine groups is 1. The monoisotopic (exact) mass is 517 g/mol. The maximum Gasteiger partial charge on any atom is 0.238 e. The quantitative estimate of drug-likeness (QED) is 0.284. The number of rotatable bonds is 9. The molecule has 2 fully saturated rings. The van der Waals surface area contributed by atoms with Gasteiger partial charge in [-0.1, -0.05) is 30.7 Å². The summed E-state index contributed by atoms with van der Waals surface area (Å²) in [6.07, 6.45) is 3.71. The maximum atomic E-state index is 14.5. The van der Waals surface area contributed by atoms with E-state index in [1.54, 1.807) is 24.3 Å². The van der Waals surface area contributed by atoms with Crippen molar-refractivity contribution in [3.63, 3.8) is 0 Å². The summed E-state index contributed by atoms with van der Waals surface area (Å²) < 4.78 is 31.2. The number of sulfonamides is 1. The Balaban J connectivity index is 2.05. The molecule has 2 aliphatic heterocycles. The summed E-state index contributed by atoms with van der Waals surface area (Å²) in [4.78, 5) is 18.1. The molecule has 0 spiro atoms. The molecule has 0 aromatic heterocycles. The molecule has 2 aromatic carbocycles. The van der Waals surface area contributed by atoms with E-state index in [1.165, 1.54) is 13.2 Å². The molecule has 0 aliphatic carbocycles. The summed E-state index contributed by atoms with van der Waals surface area (Å²) in [5, 5.41) is 25.7. The second-order valence-corrected chi connectivity index (χ2v) is 11.1. The van der Waals surface area contributed by atoms with Gasteiger partial charge in [-0.25, -0.2) is 13.6 Å². The Morgan fingerprint density at radius 1 is 1.11 bits per heavy atom. The fraction of sp³-hybridized carbons (Fsp3) is 0.520. The first kappa shape index (κ1) is 26.6. The van der Waals surface area contributed by atoms with Crippen molar-refractivity contribution in [2.45, 2.75) is 48.8 Å². The number of carbonyl (C=O) groups excluding carboxylic acids is 1. The molecule has 10 nitrogen and oxygen atoms in total. The minimum atomic E-state index is -4.33. The zero-order valence-electron chi connectivity index (χ0n) is 20.6. The third-order valence-electron chi connectivity index (χ3n) is 7.48. The van der Waals surface area contributed by atoms with Gasteiger partial charge in [-0.2, -0.15) is 0 Å². The number of ketones is 1. The number of nitrogens with two attached hydrogens (primary N) is 2. The second kappa shape index (κ2) is 10.5. The largest absolute Gasteiger partial charge is 0.394 e. The van der Waals surface area contributed by atoms with Crippen LogP contribution in [0.5, 0.6) is 0 Å². The second-order valence-electron chi connectivity index (χ2n) is 9.56. The smallest absolute Gasteiger partial charge is 0.238 e. The number of aliphatic hydroxyl groups is 1. The molecule has 2 aromatic rings. The van der Waals surface area contributed by atoms with Gasteiger partial charge in [0.15, 0.2) is 6.23 Å². The lowest BCUT2D eigenvalue weighted by atomic mass is 9.79. The number of likely N-dealkylation sites (tertiary alicyclic amines) is 2. The van der Waals surface area contributed by atoms with E-state index in [-0.39, 0.29) is 16.2 Å². The van der Waals surface area contributed by atoms with E-state index in [0.717, 1.165) is 32.1 Å². The Morgan fingerprint density at radius 3 is 2.22 bits per heavy atom. The van der Waals surface area contributed by atoms with Crippen LogP contribution >= 0.6 is 0 Å². The van der Waals surface area contributed by atoms with Crippen LogP contribution in [0.15, 0.2) is 35.2 Å². The lowest BCUT2D eigenvalue weighted by Gasteiger charge is -2.44. The van der Waals surface area contributed by atoms with Crippen LogP contribution in [0.1, 0.15) is 43.2 Å². The average Bonchev–Trinajstić information content (AvgIpc) is 3.40. The highest BCUT2D eigenvalue weighted by molar-refractivity contribution is 7.89. The van der Waals surface area contributed by atoms with Crippen molar-refractivity contribution >= 4 is 32.4 Å². The van der Waals surface area contributed by atoms with Crippen molar-refractivity contribution in [2.24, 2.45) is 10.9 Å². The summed E-state index contributed by atoms with van der Waals surface area (Å²) in [6.45, 7) is 1.91. The van der Waals surface area contributed by atoms with Gasteiger partial charge in [-0.15, -0.1) is 0 Å². The first-order valence-corrected chi connectivity index (χ1v) is 13.8. The molecule has 2 saturated heterocycles. The topological polar surface area (TPSA) is 163 Å². The molecular weight excluding hydrogens is 482 g/mol. The van der Waals surface area contributed by atoms with E-state index in [2.05, 4.69) is 0 Å². The SMILES string of the molecule is COC(C(=O)C(CO)(c1cc(S(N)(=O)=O)c(C(=N)N)c2ccccc12)N1CCCC1)N1CCCCC1. The van der Waals surface area contributed by atoms with Gasteiger partial charge in [-0.05, 0) is 61.2 Å². The number of carbonyl (C=O) groups is 1. The van der Waals surface area contributed by atoms with Crippen LogP contribution in [0, 0.1) is 5.41 Å². The molecule has 0 amide bonds. The van der Waals surface area contributed by atoms with E-state index in [0.29, 0.717) is 42.5 Å². The minimum absolute atomic E-state index is 0.0168. The highest BCUT2D eigenvalue weighted by atomic mass is 32.2. The fourth-order valence-electron chi connectivity index (χ4n) is 5.79. The normalized spacial score (nSPS) is 20.3. The molecule has 2 unspecified atom stereocenters. The molecule has 36 heavy (non-hydrogen) atoms. The number of Topliss-reactive ketones (excluding diaryl/α,β-unsaturated/α-hetero) is 1. The summed E-state index contributed by atoms with van der Waals surface area (Å²) in [6, 6.07) is 8.19. The Labute approximate surface area is 211 Å². The first-order valence-electron chi connectivity index (χ1n) is 12.3. The number of hydrogen-bond donors (Lipinski definition) is 4. The van der Waals surface area contributed by atoms with Gasteiger partial charge >= 0.3 is 0 Å².